The highest BCUT2D eigenvalue weighted by Gasteiger charge is 2.20. The molecule has 1 heterocycles. The van der Waals surface area contributed by atoms with Gasteiger partial charge in [0.1, 0.15) is 0 Å². The predicted molar refractivity (Wildman–Crippen MR) is 108 cm³/mol. The number of rotatable bonds is 6. The Hall–Kier alpha value is -1.92. The van der Waals surface area contributed by atoms with Crippen molar-refractivity contribution in [2.45, 2.75) is 23.5 Å². The Balaban J connectivity index is 1.69. The normalized spacial score (nSPS) is 16.0. The molecular formula is C20H21NO3S2. The van der Waals surface area contributed by atoms with E-state index in [1.165, 1.54) is 23.5 Å². The first kappa shape index (κ1) is 18.9. The van der Waals surface area contributed by atoms with Crippen LogP contribution in [-0.2, 0) is 4.79 Å². The van der Waals surface area contributed by atoms with E-state index in [1.54, 1.807) is 0 Å². The Morgan fingerprint density at radius 1 is 1.04 bits per heavy atom. The molecule has 1 atom stereocenters. The van der Waals surface area contributed by atoms with Crippen molar-refractivity contribution in [3.63, 3.8) is 0 Å². The fourth-order valence-corrected chi connectivity index (χ4v) is 5.72. The number of hydrogen-bond acceptors (Lipinski definition) is 4. The van der Waals surface area contributed by atoms with Crippen LogP contribution in [0.4, 0.5) is 0 Å². The number of carbonyl (C=O) groups is 2. The molecule has 3 rings (SSSR count). The van der Waals surface area contributed by atoms with Crippen molar-refractivity contribution >= 4 is 35.4 Å². The summed E-state index contributed by atoms with van der Waals surface area (Å²) in [5, 5.41) is 12.0. The highest BCUT2D eigenvalue weighted by atomic mass is 32.2. The van der Waals surface area contributed by atoms with Crippen LogP contribution in [0, 0.1) is 0 Å². The summed E-state index contributed by atoms with van der Waals surface area (Å²) in [6, 6.07) is 16.3. The van der Waals surface area contributed by atoms with E-state index < -0.39 is 12.0 Å². The van der Waals surface area contributed by atoms with Crippen LogP contribution in [-0.4, -0.2) is 28.5 Å². The number of thioether (sulfide) groups is 2. The van der Waals surface area contributed by atoms with Gasteiger partial charge in [0.25, 0.3) is 5.91 Å². The number of carbonyl (C=O) groups excluding carboxylic acids is 1. The summed E-state index contributed by atoms with van der Waals surface area (Å²) >= 11 is 3.88. The quantitative estimate of drug-likeness (QED) is 0.764. The van der Waals surface area contributed by atoms with Gasteiger partial charge in [0.05, 0.1) is 17.0 Å². The number of hydrogen-bond donors (Lipinski definition) is 2. The van der Waals surface area contributed by atoms with Crippen molar-refractivity contribution in [1.82, 2.24) is 5.32 Å². The zero-order valence-electron chi connectivity index (χ0n) is 14.3. The first-order chi connectivity index (χ1) is 12.6. The van der Waals surface area contributed by atoms with Gasteiger partial charge in [0.2, 0.25) is 0 Å². The Kier molecular flexibility index (Phi) is 6.63. The molecule has 1 aliphatic heterocycles. The van der Waals surface area contributed by atoms with E-state index in [0.717, 1.165) is 5.56 Å². The molecule has 4 nitrogen and oxygen atoms in total. The van der Waals surface area contributed by atoms with Crippen LogP contribution in [0.2, 0.25) is 0 Å². The van der Waals surface area contributed by atoms with Crippen molar-refractivity contribution in [3.8, 4) is 0 Å². The van der Waals surface area contributed by atoms with E-state index in [1.807, 2.05) is 78.1 Å². The number of amides is 1. The average molecular weight is 388 g/mol. The molecule has 2 aromatic carbocycles. The smallest absolute Gasteiger partial charge is 0.305 e. The van der Waals surface area contributed by atoms with Crippen LogP contribution in [0.15, 0.2) is 54.6 Å². The second kappa shape index (κ2) is 9.14. The Bertz CT molecular complexity index is 743. The number of carboxylic acids is 1. The summed E-state index contributed by atoms with van der Waals surface area (Å²) < 4.78 is 0.435. The molecule has 0 spiro atoms. The van der Waals surface area contributed by atoms with Crippen molar-refractivity contribution in [2.75, 3.05) is 11.5 Å². The molecular weight excluding hydrogens is 366 g/mol. The summed E-state index contributed by atoms with van der Waals surface area (Å²) in [7, 11) is 0. The fourth-order valence-electron chi connectivity index (χ4n) is 2.83. The molecule has 136 valence electrons. The van der Waals surface area contributed by atoms with Crippen LogP contribution in [0.5, 0.6) is 0 Å². The second-order valence-corrected chi connectivity index (χ2v) is 8.81. The zero-order valence-corrected chi connectivity index (χ0v) is 15.9. The minimum absolute atomic E-state index is 0.150. The van der Waals surface area contributed by atoms with Crippen LogP contribution in [0.3, 0.4) is 0 Å². The molecule has 26 heavy (non-hydrogen) atoms. The second-order valence-electron chi connectivity index (χ2n) is 6.08. The molecule has 0 aliphatic carbocycles. The largest absolute Gasteiger partial charge is 0.481 e. The van der Waals surface area contributed by atoms with Crippen molar-refractivity contribution in [3.05, 3.63) is 71.3 Å². The van der Waals surface area contributed by atoms with Gasteiger partial charge in [-0.05, 0) is 41.2 Å². The van der Waals surface area contributed by atoms with Gasteiger partial charge in [-0.3, -0.25) is 9.59 Å². The standard InChI is InChI=1S/C20H21NO3S2/c22-18(23)13-17(14-5-2-1-3-6-14)21-19(24)15-7-9-16(10-8-15)20-25-11-4-12-26-20/h1-3,5-10,17,20H,4,11-13H2,(H,21,24)(H,22,23). The molecule has 1 amide bonds. The third-order valence-corrected chi connectivity index (χ3v) is 7.17. The highest BCUT2D eigenvalue weighted by molar-refractivity contribution is 8.16. The average Bonchev–Trinajstić information content (AvgIpc) is 2.68. The van der Waals surface area contributed by atoms with Gasteiger partial charge >= 0.3 is 5.97 Å². The third kappa shape index (κ3) is 5.05. The monoisotopic (exact) mass is 387 g/mol. The lowest BCUT2D eigenvalue weighted by Gasteiger charge is -2.21. The predicted octanol–water partition coefficient (Wildman–Crippen LogP) is 4.50. The van der Waals surface area contributed by atoms with E-state index in [2.05, 4.69) is 5.32 Å². The van der Waals surface area contributed by atoms with Gasteiger partial charge in [-0.1, -0.05) is 42.5 Å². The molecule has 2 N–H and O–H groups in total. The highest BCUT2D eigenvalue weighted by Crippen LogP contribution is 2.43. The number of aliphatic carboxylic acids is 1. The third-order valence-electron chi connectivity index (χ3n) is 4.16. The van der Waals surface area contributed by atoms with Gasteiger partial charge in [-0.25, -0.2) is 0 Å². The zero-order chi connectivity index (χ0) is 18.4. The Labute approximate surface area is 161 Å². The minimum Gasteiger partial charge on any atom is -0.481 e. The topological polar surface area (TPSA) is 66.4 Å². The molecule has 0 saturated carbocycles. The Morgan fingerprint density at radius 2 is 1.69 bits per heavy atom. The van der Waals surface area contributed by atoms with Gasteiger partial charge in [0, 0.05) is 5.56 Å². The lowest BCUT2D eigenvalue weighted by Crippen LogP contribution is -2.30. The van der Waals surface area contributed by atoms with E-state index in [0.29, 0.717) is 10.1 Å². The lowest BCUT2D eigenvalue weighted by molar-refractivity contribution is -0.137. The van der Waals surface area contributed by atoms with Gasteiger partial charge in [-0.15, -0.1) is 23.5 Å². The van der Waals surface area contributed by atoms with Gasteiger partial charge in [0.15, 0.2) is 0 Å². The van der Waals surface area contributed by atoms with Crippen LogP contribution >= 0.6 is 23.5 Å². The van der Waals surface area contributed by atoms with E-state index in [-0.39, 0.29) is 12.3 Å². The van der Waals surface area contributed by atoms with Crippen LogP contribution in [0.25, 0.3) is 0 Å². The number of nitrogens with one attached hydrogen (secondary N) is 1. The molecule has 2 aromatic rings. The fraction of sp³-hybridized carbons (Fsp3) is 0.300. The van der Waals surface area contributed by atoms with Crippen LogP contribution < -0.4 is 5.32 Å². The van der Waals surface area contributed by atoms with Crippen molar-refractivity contribution in [2.24, 2.45) is 0 Å². The summed E-state index contributed by atoms with van der Waals surface area (Å²) in [4.78, 5) is 23.7. The maximum atomic E-state index is 12.6. The lowest BCUT2D eigenvalue weighted by atomic mass is 10.0. The minimum atomic E-state index is -0.944. The SMILES string of the molecule is O=C(O)CC(NC(=O)c1ccc(C2SCCCS2)cc1)c1ccccc1. The van der Waals surface area contributed by atoms with Crippen LogP contribution in [0.1, 0.15) is 45.0 Å². The maximum absolute atomic E-state index is 12.6. The Morgan fingerprint density at radius 3 is 2.31 bits per heavy atom. The molecule has 1 fully saturated rings. The molecule has 0 radical (unpaired) electrons. The molecule has 1 saturated heterocycles. The van der Waals surface area contributed by atoms with E-state index in [4.69, 9.17) is 5.11 Å². The van der Waals surface area contributed by atoms with E-state index in [9.17, 15) is 9.59 Å². The summed E-state index contributed by atoms with van der Waals surface area (Å²) in [5.41, 5.74) is 2.56. The number of benzene rings is 2. The molecule has 6 heteroatoms. The molecule has 0 aromatic heterocycles. The molecule has 1 aliphatic rings. The molecule has 1 unspecified atom stereocenters. The van der Waals surface area contributed by atoms with Crippen molar-refractivity contribution in [1.29, 1.82) is 0 Å². The first-order valence-corrected chi connectivity index (χ1v) is 10.6. The molecule has 0 bridgehead atoms. The summed E-state index contributed by atoms with van der Waals surface area (Å²) in [6.45, 7) is 0. The van der Waals surface area contributed by atoms with Gasteiger partial charge < -0.3 is 10.4 Å². The summed E-state index contributed by atoms with van der Waals surface area (Å²) in [5.74, 6) is 1.15. The maximum Gasteiger partial charge on any atom is 0.305 e. The number of carboxylic acid groups (broad SMARTS) is 1. The van der Waals surface area contributed by atoms with Gasteiger partial charge in [-0.2, -0.15) is 0 Å². The van der Waals surface area contributed by atoms with E-state index >= 15 is 0 Å². The summed E-state index contributed by atoms with van der Waals surface area (Å²) in [6.07, 6.45) is 1.10. The first-order valence-electron chi connectivity index (χ1n) is 8.54. The van der Waals surface area contributed by atoms with Crippen molar-refractivity contribution < 1.29 is 14.7 Å².